The number of anilines is 2. The average Bonchev–Trinajstić information content (AvgIpc) is 4.34. The molecule has 0 amide bonds. The number of benzene rings is 9. The van der Waals surface area contributed by atoms with E-state index in [1.165, 1.54) is 153 Å². The minimum Gasteiger partial charge on any atom is -0.355 e. The number of thiophene rings is 2. The van der Waals surface area contributed by atoms with E-state index in [1.54, 1.807) is 0 Å². The Bertz CT molecular complexity index is 4440. The Morgan fingerprint density at radius 3 is 1.88 bits per heavy atom. The van der Waals surface area contributed by atoms with Gasteiger partial charge < -0.3 is 9.88 Å². The van der Waals surface area contributed by atoms with E-state index in [1.807, 2.05) is 22.7 Å². The Balaban J connectivity index is 1.03. The van der Waals surface area contributed by atoms with Crippen molar-refractivity contribution in [1.29, 1.82) is 0 Å². The maximum Gasteiger partial charge on any atom is 0.197 e. The third kappa shape index (κ3) is 6.70. The number of hydrogen-bond acceptors (Lipinski definition) is 3. The second-order valence-electron chi connectivity index (χ2n) is 25.0. The lowest BCUT2D eigenvalue weighted by molar-refractivity contribution is 0.332. The Hall–Kier alpha value is -7.18. The van der Waals surface area contributed by atoms with Crippen LogP contribution in [0.2, 0.25) is 0 Å². The highest BCUT2D eigenvalue weighted by molar-refractivity contribution is 7.26. The zero-order valence-corrected chi connectivity index (χ0v) is 46.6. The standard InChI is InChI=1S/C71H60BN2S2/c1-68(2,3)42-24-26-43(27-25-42)73-58-39-63-50(51-34-55-56(37-61(51)75-63)70(6,7)31-30-69(55,4)5)33-48(58)45-28-29-46-49-32-47-44-22-16-17-23-53(44)71(8,9)54(47)36-59(49)74-60-35-52-62(38-57(60)72-65(45)66(46)74)76-67(41-20-14-11-15-21-41)64(52)40-18-12-10-13-19-40/h10-29,32-39,73H,30-31H2,1-9H3. The Morgan fingerprint density at radius 2 is 1.14 bits per heavy atom. The Morgan fingerprint density at radius 1 is 0.500 bits per heavy atom. The van der Waals surface area contributed by atoms with Crippen molar-refractivity contribution in [3.05, 3.63) is 198 Å². The SMILES string of the molecule is CC(C)(C)c1ccc(Nc2cc3sc4cc5c(cc4c3cc2-c2ccc3c4cc6c(cc4n4c3c2[B]c2cc3sc(-c7ccccc7)c(-c7ccccc7)c3cc2-4)C(C)(C)c2ccccc2-6)C(C)(C)CCC5(C)C)cc1. The van der Waals surface area contributed by atoms with E-state index < -0.39 is 0 Å². The van der Waals surface area contributed by atoms with E-state index in [4.69, 9.17) is 0 Å². The summed E-state index contributed by atoms with van der Waals surface area (Å²) in [7, 11) is 2.53. The van der Waals surface area contributed by atoms with Crippen LogP contribution in [0.4, 0.5) is 11.4 Å². The zero-order valence-electron chi connectivity index (χ0n) is 44.9. The fourth-order valence-corrected chi connectivity index (χ4v) is 16.1. The van der Waals surface area contributed by atoms with Crippen LogP contribution in [0.15, 0.2) is 170 Å². The Kier molecular flexibility index (Phi) is 9.68. The van der Waals surface area contributed by atoms with Crippen molar-refractivity contribution < 1.29 is 0 Å². The van der Waals surface area contributed by atoms with Gasteiger partial charge in [-0.2, -0.15) is 0 Å². The van der Waals surface area contributed by atoms with Gasteiger partial charge in [-0.1, -0.05) is 177 Å². The summed E-state index contributed by atoms with van der Waals surface area (Å²) in [6.45, 7) is 21.5. The van der Waals surface area contributed by atoms with Gasteiger partial charge in [-0.25, -0.2) is 0 Å². The van der Waals surface area contributed by atoms with E-state index in [0.29, 0.717) is 0 Å². The van der Waals surface area contributed by atoms with Gasteiger partial charge in [-0.3, -0.25) is 0 Å². The van der Waals surface area contributed by atoms with Crippen molar-refractivity contribution in [3.63, 3.8) is 0 Å². The summed E-state index contributed by atoms with van der Waals surface area (Å²) >= 11 is 3.86. The van der Waals surface area contributed by atoms with Crippen LogP contribution < -0.4 is 16.2 Å². The van der Waals surface area contributed by atoms with Gasteiger partial charge in [0.25, 0.3) is 0 Å². The van der Waals surface area contributed by atoms with Crippen LogP contribution in [0, 0.1) is 0 Å². The number of rotatable bonds is 5. The van der Waals surface area contributed by atoms with Gasteiger partial charge in [-0.05, 0) is 151 Å². The van der Waals surface area contributed by atoms with Gasteiger partial charge in [0.15, 0.2) is 7.28 Å². The van der Waals surface area contributed by atoms with E-state index in [2.05, 4.69) is 249 Å². The van der Waals surface area contributed by atoms with Crippen molar-refractivity contribution in [2.75, 3.05) is 5.32 Å². The molecule has 76 heavy (non-hydrogen) atoms. The number of fused-ring (bicyclic) bond motifs is 13. The first-order chi connectivity index (χ1) is 36.5. The third-order valence-corrected chi connectivity index (χ3v) is 20.4. The summed E-state index contributed by atoms with van der Waals surface area (Å²) in [5.74, 6) is 0. The smallest absolute Gasteiger partial charge is 0.197 e. The fraction of sp³-hybridized carbons (Fsp3) is 0.211. The van der Waals surface area contributed by atoms with Crippen LogP contribution in [-0.2, 0) is 21.7 Å². The highest BCUT2D eigenvalue weighted by atomic mass is 32.1. The van der Waals surface area contributed by atoms with Gasteiger partial charge in [0.05, 0.1) is 5.52 Å². The topological polar surface area (TPSA) is 17.0 Å². The monoisotopic (exact) mass is 1020 g/mol. The first kappa shape index (κ1) is 46.2. The fourth-order valence-electron chi connectivity index (χ4n) is 13.7. The first-order valence-electron chi connectivity index (χ1n) is 27.3. The summed E-state index contributed by atoms with van der Waals surface area (Å²) < 4.78 is 6.63. The molecule has 1 aliphatic heterocycles. The molecule has 15 rings (SSSR count). The molecule has 1 N–H and O–H groups in total. The minimum absolute atomic E-state index is 0.0603. The number of aromatic nitrogens is 1. The molecule has 12 aromatic rings. The minimum atomic E-state index is -0.147. The summed E-state index contributed by atoms with van der Waals surface area (Å²) in [6, 6.07) is 65.3. The molecule has 0 atom stereocenters. The molecule has 0 saturated carbocycles. The van der Waals surface area contributed by atoms with Crippen LogP contribution >= 0.6 is 22.7 Å². The summed E-state index contributed by atoms with van der Waals surface area (Å²) in [5, 5.41) is 10.6. The molecule has 1 radical (unpaired) electrons. The van der Waals surface area contributed by atoms with Gasteiger partial charge in [0.2, 0.25) is 0 Å². The highest BCUT2D eigenvalue weighted by Crippen LogP contribution is 2.54. The second-order valence-corrected chi connectivity index (χ2v) is 27.2. The number of nitrogens with one attached hydrogen (secondary N) is 1. The van der Waals surface area contributed by atoms with E-state index in [0.717, 1.165) is 11.4 Å². The lowest BCUT2D eigenvalue weighted by atomic mass is 9.59. The number of nitrogens with zero attached hydrogens (tertiary/aromatic N) is 1. The molecule has 9 aromatic carbocycles. The molecule has 5 heteroatoms. The van der Waals surface area contributed by atoms with E-state index >= 15 is 0 Å². The maximum absolute atomic E-state index is 4.05. The van der Waals surface area contributed by atoms with Gasteiger partial charge in [-0.15, -0.1) is 22.7 Å². The van der Waals surface area contributed by atoms with Crippen LogP contribution in [0.25, 0.3) is 102 Å². The lowest BCUT2D eigenvalue weighted by Crippen LogP contribution is -2.37. The quantitative estimate of drug-likeness (QED) is 0.170. The molecule has 4 heterocycles. The molecule has 2 nitrogen and oxygen atoms in total. The third-order valence-electron chi connectivity index (χ3n) is 18.1. The van der Waals surface area contributed by atoms with Gasteiger partial charge >= 0.3 is 0 Å². The molecule has 0 bridgehead atoms. The molecule has 0 unspecified atom stereocenters. The van der Waals surface area contributed by atoms with Crippen LogP contribution in [-0.4, -0.2) is 11.8 Å². The van der Waals surface area contributed by atoms with Crippen molar-refractivity contribution in [3.8, 4) is 49.5 Å². The lowest BCUT2D eigenvalue weighted by Gasteiger charge is -2.41. The molecular weight excluding hydrogens is 956 g/mol. The maximum atomic E-state index is 4.05. The zero-order chi connectivity index (χ0) is 51.8. The average molecular weight is 1020 g/mol. The molecule has 0 saturated heterocycles. The second kappa shape index (κ2) is 15.9. The summed E-state index contributed by atoms with van der Waals surface area (Å²) in [4.78, 5) is 1.30. The van der Waals surface area contributed by atoms with Crippen molar-refractivity contribution in [2.24, 2.45) is 0 Å². The molecule has 2 aliphatic carbocycles. The molecule has 0 fully saturated rings. The summed E-state index contributed by atoms with van der Waals surface area (Å²) in [6.07, 6.45) is 2.39. The van der Waals surface area contributed by atoms with Crippen molar-refractivity contribution in [1.82, 2.24) is 4.57 Å². The largest absolute Gasteiger partial charge is 0.355 e. The van der Waals surface area contributed by atoms with Crippen LogP contribution in [0.3, 0.4) is 0 Å². The highest BCUT2D eigenvalue weighted by Gasteiger charge is 2.39. The van der Waals surface area contributed by atoms with E-state index in [-0.39, 0.29) is 21.7 Å². The molecule has 0 spiro atoms. The van der Waals surface area contributed by atoms with Crippen molar-refractivity contribution in [2.45, 2.75) is 96.8 Å². The summed E-state index contributed by atoms with van der Waals surface area (Å²) in [5.41, 5.74) is 24.7. The van der Waals surface area contributed by atoms with Crippen LogP contribution in [0.5, 0.6) is 0 Å². The first-order valence-corrected chi connectivity index (χ1v) is 28.9. The molecule has 3 aromatic heterocycles. The predicted octanol–water partition coefficient (Wildman–Crippen LogP) is 19.0. The molecule has 3 aliphatic rings. The predicted molar refractivity (Wildman–Crippen MR) is 332 cm³/mol. The van der Waals surface area contributed by atoms with E-state index in [9.17, 15) is 0 Å². The molecular formula is C71H60BN2S2. The molecule has 369 valence electrons. The number of hydrogen-bond donors (Lipinski definition) is 1. The van der Waals surface area contributed by atoms with Crippen LogP contribution in [0.1, 0.15) is 103 Å². The normalized spacial score (nSPS) is 15.8. The van der Waals surface area contributed by atoms with Crippen molar-refractivity contribution >= 4 is 104 Å². The van der Waals surface area contributed by atoms with Gasteiger partial charge in [0.1, 0.15) is 0 Å². The van der Waals surface area contributed by atoms with Gasteiger partial charge in [0, 0.05) is 85.0 Å². The Labute approximate surface area is 455 Å².